The SMILES string of the molecule is C/C=C\C(=C/C1CC1)B1OC(C)(C)C(C)(C)O1. The molecule has 1 aliphatic heterocycles. The molecule has 1 heterocycles. The molecule has 0 atom stereocenters. The highest BCUT2D eigenvalue weighted by Crippen LogP contribution is 2.40. The van der Waals surface area contributed by atoms with Crippen molar-refractivity contribution in [1.82, 2.24) is 0 Å². The van der Waals surface area contributed by atoms with Crippen LogP contribution in [0.2, 0.25) is 0 Å². The highest BCUT2D eigenvalue weighted by molar-refractivity contribution is 6.55. The van der Waals surface area contributed by atoms with E-state index in [0.717, 1.165) is 5.92 Å². The molecule has 1 saturated heterocycles. The summed E-state index contributed by atoms with van der Waals surface area (Å²) in [6, 6.07) is 0. The first-order chi connectivity index (χ1) is 7.86. The summed E-state index contributed by atoms with van der Waals surface area (Å²) in [6.07, 6.45) is 9.09. The predicted octanol–water partition coefficient (Wildman–Crippen LogP) is 3.53. The number of rotatable bonds is 3. The topological polar surface area (TPSA) is 18.5 Å². The van der Waals surface area contributed by atoms with Crippen LogP contribution in [0.3, 0.4) is 0 Å². The fraction of sp³-hybridized carbons (Fsp3) is 0.714. The van der Waals surface area contributed by atoms with Gasteiger partial charge in [0.2, 0.25) is 0 Å². The fourth-order valence-electron chi connectivity index (χ4n) is 1.92. The van der Waals surface area contributed by atoms with Crippen LogP contribution in [0.4, 0.5) is 0 Å². The van der Waals surface area contributed by atoms with E-state index in [1.54, 1.807) is 0 Å². The Morgan fingerprint density at radius 2 is 1.65 bits per heavy atom. The number of hydrogen-bond acceptors (Lipinski definition) is 2. The molecule has 0 N–H and O–H groups in total. The van der Waals surface area contributed by atoms with Gasteiger partial charge in [-0.3, -0.25) is 0 Å². The van der Waals surface area contributed by atoms with Gasteiger partial charge >= 0.3 is 7.12 Å². The minimum absolute atomic E-state index is 0.211. The second-order valence-electron chi connectivity index (χ2n) is 6.09. The van der Waals surface area contributed by atoms with E-state index in [9.17, 15) is 0 Å². The van der Waals surface area contributed by atoms with Crippen LogP contribution in [0.5, 0.6) is 0 Å². The van der Waals surface area contributed by atoms with Crippen LogP contribution >= 0.6 is 0 Å². The molecule has 2 aliphatic rings. The van der Waals surface area contributed by atoms with Crippen LogP contribution in [0.15, 0.2) is 23.7 Å². The van der Waals surface area contributed by atoms with Crippen molar-refractivity contribution in [3.05, 3.63) is 23.7 Å². The summed E-state index contributed by atoms with van der Waals surface area (Å²) in [5, 5.41) is 0. The monoisotopic (exact) mass is 234 g/mol. The third-order valence-electron chi connectivity index (χ3n) is 3.93. The third-order valence-corrected chi connectivity index (χ3v) is 3.93. The molecule has 0 aromatic carbocycles. The second-order valence-corrected chi connectivity index (χ2v) is 6.09. The summed E-state index contributed by atoms with van der Waals surface area (Å²) in [4.78, 5) is 0. The van der Waals surface area contributed by atoms with Gasteiger partial charge in [-0.1, -0.05) is 18.2 Å². The van der Waals surface area contributed by atoms with Crippen LogP contribution in [0.25, 0.3) is 0 Å². The molecular formula is C14H23BO2. The van der Waals surface area contributed by atoms with Crippen LogP contribution in [0, 0.1) is 5.92 Å². The summed E-state index contributed by atoms with van der Waals surface area (Å²) < 4.78 is 12.1. The predicted molar refractivity (Wildman–Crippen MR) is 71.7 cm³/mol. The van der Waals surface area contributed by atoms with Gasteiger partial charge in [-0.05, 0) is 58.9 Å². The van der Waals surface area contributed by atoms with Gasteiger partial charge in [-0.2, -0.15) is 0 Å². The first-order valence-electron chi connectivity index (χ1n) is 6.56. The Labute approximate surface area is 105 Å². The van der Waals surface area contributed by atoms with Crippen molar-refractivity contribution in [2.75, 3.05) is 0 Å². The lowest BCUT2D eigenvalue weighted by molar-refractivity contribution is 0.00578. The van der Waals surface area contributed by atoms with Crippen LogP contribution < -0.4 is 0 Å². The summed E-state index contributed by atoms with van der Waals surface area (Å²) in [6.45, 7) is 10.4. The Morgan fingerprint density at radius 1 is 1.12 bits per heavy atom. The summed E-state index contributed by atoms with van der Waals surface area (Å²) >= 11 is 0. The van der Waals surface area contributed by atoms with E-state index in [1.807, 2.05) is 6.92 Å². The van der Waals surface area contributed by atoms with Crippen molar-refractivity contribution >= 4 is 7.12 Å². The zero-order valence-corrected chi connectivity index (χ0v) is 11.6. The zero-order chi connectivity index (χ0) is 12.7. The Bertz CT molecular complexity index is 335. The van der Waals surface area contributed by atoms with Gasteiger partial charge in [0.1, 0.15) is 0 Å². The second kappa shape index (κ2) is 4.29. The molecule has 1 saturated carbocycles. The minimum Gasteiger partial charge on any atom is -0.399 e. The van der Waals surface area contributed by atoms with Crippen LogP contribution in [0.1, 0.15) is 47.5 Å². The lowest BCUT2D eigenvalue weighted by Crippen LogP contribution is -2.41. The summed E-state index contributed by atoms with van der Waals surface area (Å²) in [5.74, 6) is 0.736. The van der Waals surface area contributed by atoms with Crippen molar-refractivity contribution in [3.63, 3.8) is 0 Å². The van der Waals surface area contributed by atoms with E-state index in [1.165, 1.54) is 18.3 Å². The van der Waals surface area contributed by atoms with Gasteiger partial charge in [-0.25, -0.2) is 0 Å². The van der Waals surface area contributed by atoms with Crippen molar-refractivity contribution in [2.24, 2.45) is 5.92 Å². The smallest absolute Gasteiger partial charge is 0.399 e. The maximum absolute atomic E-state index is 6.07. The van der Waals surface area contributed by atoms with E-state index < -0.39 is 0 Å². The molecule has 17 heavy (non-hydrogen) atoms. The highest BCUT2D eigenvalue weighted by Gasteiger charge is 2.52. The molecule has 2 rings (SSSR count). The standard InChI is InChI=1S/C14H23BO2/c1-6-7-12(10-11-8-9-11)15-16-13(2,3)14(4,5)17-15/h6-7,10-11H,8-9H2,1-5H3/b7-6-,12-10+. The molecule has 0 radical (unpaired) electrons. The van der Waals surface area contributed by atoms with Gasteiger partial charge in [0.15, 0.2) is 0 Å². The molecule has 2 fully saturated rings. The normalized spacial score (nSPS) is 28.1. The highest BCUT2D eigenvalue weighted by atomic mass is 16.7. The van der Waals surface area contributed by atoms with E-state index in [0.29, 0.717) is 0 Å². The maximum Gasteiger partial charge on any atom is 0.494 e. The Balaban J connectivity index is 2.17. The first-order valence-corrected chi connectivity index (χ1v) is 6.56. The van der Waals surface area contributed by atoms with Crippen LogP contribution in [-0.4, -0.2) is 18.3 Å². The molecule has 0 amide bonds. The number of hydrogen-bond donors (Lipinski definition) is 0. The van der Waals surface area contributed by atoms with Gasteiger partial charge in [-0.15, -0.1) is 0 Å². The molecular weight excluding hydrogens is 211 g/mol. The lowest BCUT2D eigenvalue weighted by Gasteiger charge is -2.32. The van der Waals surface area contributed by atoms with Gasteiger partial charge in [0.25, 0.3) is 0 Å². The summed E-state index contributed by atoms with van der Waals surface area (Å²) in [5.41, 5.74) is 0.678. The fourth-order valence-corrected chi connectivity index (χ4v) is 1.92. The number of allylic oxidation sites excluding steroid dienone is 4. The molecule has 3 heteroatoms. The largest absolute Gasteiger partial charge is 0.494 e. The maximum atomic E-state index is 6.07. The van der Waals surface area contributed by atoms with Crippen molar-refractivity contribution in [2.45, 2.75) is 58.7 Å². The van der Waals surface area contributed by atoms with E-state index in [-0.39, 0.29) is 18.3 Å². The Hall–Kier alpha value is -0.535. The summed E-state index contributed by atoms with van der Waals surface area (Å²) in [7, 11) is -0.211. The molecule has 0 spiro atoms. The third kappa shape index (κ3) is 2.66. The first kappa shape index (κ1) is 12.9. The Morgan fingerprint density at radius 3 is 2.06 bits per heavy atom. The minimum atomic E-state index is -0.248. The average Bonchev–Trinajstić information content (AvgIpc) is 2.95. The molecule has 0 bridgehead atoms. The van der Waals surface area contributed by atoms with E-state index in [4.69, 9.17) is 9.31 Å². The lowest BCUT2D eigenvalue weighted by atomic mass is 9.77. The average molecular weight is 234 g/mol. The molecule has 0 unspecified atom stereocenters. The van der Waals surface area contributed by atoms with Gasteiger partial charge in [0, 0.05) is 0 Å². The molecule has 2 nitrogen and oxygen atoms in total. The Kier molecular flexibility index (Phi) is 3.26. The van der Waals surface area contributed by atoms with Crippen molar-refractivity contribution in [1.29, 1.82) is 0 Å². The van der Waals surface area contributed by atoms with E-state index >= 15 is 0 Å². The molecule has 94 valence electrons. The molecule has 0 aromatic rings. The van der Waals surface area contributed by atoms with Gasteiger partial charge in [0.05, 0.1) is 11.2 Å². The molecule has 1 aliphatic carbocycles. The molecule has 0 aromatic heterocycles. The van der Waals surface area contributed by atoms with Gasteiger partial charge < -0.3 is 9.31 Å². The zero-order valence-electron chi connectivity index (χ0n) is 11.6. The van der Waals surface area contributed by atoms with Crippen molar-refractivity contribution < 1.29 is 9.31 Å². The quantitative estimate of drug-likeness (QED) is 0.549. The van der Waals surface area contributed by atoms with Crippen molar-refractivity contribution in [3.8, 4) is 0 Å². The van der Waals surface area contributed by atoms with E-state index in [2.05, 4.69) is 45.9 Å². The van der Waals surface area contributed by atoms with Crippen LogP contribution in [-0.2, 0) is 9.31 Å².